The zero-order valence-corrected chi connectivity index (χ0v) is 13.0. The Morgan fingerprint density at radius 3 is 2.35 bits per heavy atom. The highest BCUT2D eigenvalue weighted by Crippen LogP contribution is 2.35. The van der Waals surface area contributed by atoms with Crippen LogP contribution in [0.25, 0.3) is 11.4 Å². The lowest BCUT2D eigenvalue weighted by molar-refractivity contribution is 0.353. The van der Waals surface area contributed by atoms with Gasteiger partial charge in [0.05, 0.1) is 20.8 Å². The van der Waals surface area contributed by atoms with E-state index in [2.05, 4.69) is 19.7 Å². The summed E-state index contributed by atoms with van der Waals surface area (Å²) in [6.45, 7) is 0.718. The minimum absolute atomic E-state index is 0.718. The van der Waals surface area contributed by atoms with E-state index in [1.54, 1.807) is 26.6 Å². The molecule has 0 bridgehead atoms. The van der Waals surface area contributed by atoms with Crippen LogP contribution in [-0.2, 0) is 13.0 Å². The molecule has 2 aromatic heterocycles. The van der Waals surface area contributed by atoms with Gasteiger partial charge >= 0.3 is 0 Å². The summed E-state index contributed by atoms with van der Waals surface area (Å²) < 4.78 is 12.9. The fourth-order valence-electron chi connectivity index (χ4n) is 2.96. The van der Waals surface area contributed by atoms with Gasteiger partial charge in [0.25, 0.3) is 0 Å². The summed E-state index contributed by atoms with van der Waals surface area (Å²) in [6, 6.07) is 7.95. The second-order valence-electron chi connectivity index (χ2n) is 5.41. The van der Waals surface area contributed by atoms with Crippen LogP contribution in [0.15, 0.2) is 36.7 Å². The van der Waals surface area contributed by atoms with E-state index in [1.165, 1.54) is 11.1 Å². The van der Waals surface area contributed by atoms with Crippen molar-refractivity contribution in [2.75, 3.05) is 14.2 Å². The number of pyridine rings is 1. The maximum absolute atomic E-state index is 5.41. The number of benzene rings is 1. The van der Waals surface area contributed by atoms with Crippen molar-refractivity contribution in [3.05, 3.63) is 53.6 Å². The van der Waals surface area contributed by atoms with Gasteiger partial charge in [-0.1, -0.05) is 0 Å². The molecule has 6 heteroatoms. The van der Waals surface area contributed by atoms with Gasteiger partial charge < -0.3 is 14.0 Å². The Morgan fingerprint density at radius 2 is 1.65 bits per heavy atom. The molecule has 116 valence electrons. The molecule has 1 aliphatic heterocycles. The van der Waals surface area contributed by atoms with Crippen LogP contribution < -0.4 is 9.47 Å². The second kappa shape index (κ2) is 5.39. The Balaban J connectivity index is 1.78. The third kappa shape index (κ3) is 2.23. The van der Waals surface area contributed by atoms with Gasteiger partial charge in [0.2, 0.25) is 0 Å². The predicted molar refractivity (Wildman–Crippen MR) is 84.7 cm³/mol. The standard InChI is InChI=1S/C17H16N4O2/c1-22-14-7-12-9-16-19-20-17(11-3-5-18-6-4-11)21(16)10-13(12)8-15(14)23-2/h3-8H,9-10H2,1-2H3. The molecule has 3 heterocycles. The molecule has 4 rings (SSSR count). The molecule has 0 radical (unpaired) electrons. The van der Waals surface area contributed by atoms with Crippen molar-refractivity contribution in [1.29, 1.82) is 0 Å². The molecule has 0 aliphatic carbocycles. The van der Waals surface area contributed by atoms with Crippen LogP contribution in [0.5, 0.6) is 11.5 Å². The minimum Gasteiger partial charge on any atom is -0.493 e. The summed E-state index contributed by atoms with van der Waals surface area (Å²) in [5.74, 6) is 3.31. The highest BCUT2D eigenvalue weighted by Gasteiger charge is 2.23. The van der Waals surface area contributed by atoms with Crippen LogP contribution in [0.2, 0.25) is 0 Å². The normalized spacial score (nSPS) is 12.4. The van der Waals surface area contributed by atoms with Crippen LogP contribution in [0.1, 0.15) is 17.0 Å². The quantitative estimate of drug-likeness (QED) is 0.581. The van der Waals surface area contributed by atoms with E-state index in [1.807, 2.05) is 24.3 Å². The molecule has 0 amide bonds. The fourth-order valence-corrected chi connectivity index (χ4v) is 2.96. The lowest BCUT2D eigenvalue weighted by Gasteiger charge is -2.21. The lowest BCUT2D eigenvalue weighted by Crippen LogP contribution is -2.15. The van der Waals surface area contributed by atoms with Gasteiger partial charge in [-0.25, -0.2) is 0 Å². The molecule has 1 aromatic carbocycles. The number of rotatable bonds is 3. The van der Waals surface area contributed by atoms with Gasteiger partial charge in [-0.3, -0.25) is 4.98 Å². The van der Waals surface area contributed by atoms with Crippen molar-refractivity contribution >= 4 is 0 Å². The van der Waals surface area contributed by atoms with Gasteiger partial charge in [-0.15, -0.1) is 10.2 Å². The summed E-state index contributed by atoms with van der Waals surface area (Å²) in [7, 11) is 3.30. The summed E-state index contributed by atoms with van der Waals surface area (Å²) in [4.78, 5) is 4.06. The van der Waals surface area contributed by atoms with Gasteiger partial charge in [0.15, 0.2) is 17.3 Å². The number of ether oxygens (including phenoxy) is 2. The van der Waals surface area contributed by atoms with E-state index >= 15 is 0 Å². The van der Waals surface area contributed by atoms with E-state index in [0.29, 0.717) is 0 Å². The molecular formula is C17H16N4O2. The molecule has 23 heavy (non-hydrogen) atoms. The number of hydrogen-bond donors (Lipinski definition) is 0. The number of nitrogens with zero attached hydrogens (tertiary/aromatic N) is 4. The summed E-state index contributed by atoms with van der Waals surface area (Å²) >= 11 is 0. The SMILES string of the molecule is COc1cc2c(cc1OC)Cn1c(nnc1-c1ccncc1)C2. The molecule has 0 unspecified atom stereocenters. The molecule has 0 saturated heterocycles. The van der Waals surface area contributed by atoms with E-state index < -0.39 is 0 Å². The van der Waals surface area contributed by atoms with E-state index in [4.69, 9.17) is 9.47 Å². The van der Waals surface area contributed by atoms with Gasteiger partial charge in [-0.05, 0) is 35.4 Å². The average Bonchev–Trinajstić information content (AvgIpc) is 3.02. The number of aromatic nitrogens is 4. The maximum atomic E-state index is 5.41. The van der Waals surface area contributed by atoms with Crippen molar-refractivity contribution in [3.8, 4) is 22.9 Å². The molecule has 6 nitrogen and oxygen atoms in total. The molecule has 0 saturated carbocycles. The first-order valence-corrected chi connectivity index (χ1v) is 7.36. The van der Waals surface area contributed by atoms with Crippen LogP contribution in [-0.4, -0.2) is 34.0 Å². The average molecular weight is 308 g/mol. The first-order chi connectivity index (χ1) is 11.3. The zero-order valence-electron chi connectivity index (χ0n) is 13.0. The molecule has 3 aromatic rings. The minimum atomic E-state index is 0.718. The molecular weight excluding hydrogens is 292 g/mol. The highest BCUT2D eigenvalue weighted by molar-refractivity contribution is 5.56. The van der Waals surface area contributed by atoms with Crippen molar-refractivity contribution in [1.82, 2.24) is 19.7 Å². The number of hydrogen-bond acceptors (Lipinski definition) is 5. The Bertz CT molecular complexity index is 859. The largest absolute Gasteiger partial charge is 0.493 e. The van der Waals surface area contributed by atoms with Crippen LogP contribution >= 0.6 is 0 Å². The first-order valence-electron chi connectivity index (χ1n) is 7.36. The van der Waals surface area contributed by atoms with Crippen LogP contribution in [0.4, 0.5) is 0 Å². The van der Waals surface area contributed by atoms with Gasteiger partial charge in [0.1, 0.15) is 5.82 Å². The third-order valence-corrected chi connectivity index (χ3v) is 4.15. The maximum Gasteiger partial charge on any atom is 0.164 e. The molecule has 0 N–H and O–H groups in total. The Morgan fingerprint density at radius 1 is 0.957 bits per heavy atom. The Hall–Kier alpha value is -2.89. The molecule has 0 fully saturated rings. The van der Waals surface area contributed by atoms with Crippen LogP contribution in [0, 0.1) is 0 Å². The lowest BCUT2D eigenvalue weighted by atomic mass is 9.99. The van der Waals surface area contributed by atoms with Crippen molar-refractivity contribution in [2.45, 2.75) is 13.0 Å². The summed E-state index contributed by atoms with van der Waals surface area (Å²) in [6.07, 6.45) is 4.26. The monoisotopic (exact) mass is 308 g/mol. The van der Waals surface area contributed by atoms with Crippen LogP contribution in [0.3, 0.4) is 0 Å². The van der Waals surface area contributed by atoms with Gasteiger partial charge in [0, 0.05) is 24.4 Å². The van der Waals surface area contributed by atoms with Crippen molar-refractivity contribution in [3.63, 3.8) is 0 Å². The number of fused-ring (bicyclic) bond motifs is 2. The summed E-state index contributed by atoms with van der Waals surface area (Å²) in [5, 5.41) is 8.71. The Kier molecular flexibility index (Phi) is 3.22. The molecule has 0 spiro atoms. The first kappa shape index (κ1) is 13.8. The topological polar surface area (TPSA) is 62.1 Å². The van der Waals surface area contributed by atoms with Gasteiger partial charge in [-0.2, -0.15) is 0 Å². The molecule has 0 atom stereocenters. The zero-order chi connectivity index (χ0) is 15.8. The van der Waals surface area contributed by atoms with Crippen molar-refractivity contribution in [2.24, 2.45) is 0 Å². The summed E-state index contributed by atoms with van der Waals surface area (Å²) in [5.41, 5.74) is 3.41. The van der Waals surface area contributed by atoms with E-state index in [0.717, 1.165) is 41.7 Å². The molecule has 1 aliphatic rings. The van der Waals surface area contributed by atoms with E-state index in [9.17, 15) is 0 Å². The number of methoxy groups -OCH3 is 2. The third-order valence-electron chi connectivity index (χ3n) is 4.15. The highest BCUT2D eigenvalue weighted by atomic mass is 16.5. The smallest absolute Gasteiger partial charge is 0.164 e. The fraction of sp³-hybridized carbons (Fsp3) is 0.235. The predicted octanol–water partition coefficient (Wildman–Crippen LogP) is 2.31. The second-order valence-corrected chi connectivity index (χ2v) is 5.41. The Labute approximate surface area is 133 Å². The van der Waals surface area contributed by atoms with E-state index in [-0.39, 0.29) is 0 Å². The van der Waals surface area contributed by atoms with Crippen molar-refractivity contribution < 1.29 is 9.47 Å².